The maximum atomic E-state index is 13.7. The third-order valence-electron chi connectivity index (χ3n) is 4.20. The van der Waals surface area contributed by atoms with E-state index in [9.17, 15) is 4.39 Å². The van der Waals surface area contributed by atoms with Gasteiger partial charge in [-0.25, -0.2) is 4.39 Å². The number of guanidine groups is 1. The molecule has 0 aromatic heterocycles. The van der Waals surface area contributed by atoms with Crippen molar-refractivity contribution in [2.75, 3.05) is 20.4 Å². The van der Waals surface area contributed by atoms with Crippen LogP contribution in [0.15, 0.2) is 17.1 Å². The molecule has 23 heavy (non-hydrogen) atoms. The minimum Gasteiger partial charge on any atom is -0.467 e. The summed E-state index contributed by atoms with van der Waals surface area (Å²) in [5, 5.41) is 6.53. The highest BCUT2D eigenvalue weighted by atomic mass is 127. The van der Waals surface area contributed by atoms with Gasteiger partial charge < -0.3 is 20.1 Å². The molecule has 1 aliphatic carbocycles. The number of hydrogen-bond acceptors (Lipinski definition) is 3. The van der Waals surface area contributed by atoms with Gasteiger partial charge in [-0.3, -0.25) is 4.99 Å². The molecule has 3 rings (SSSR count). The molecule has 0 saturated heterocycles. The summed E-state index contributed by atoms with van der Waals surface area (Å²) in [5.41, 5.74) is 1.53. The van der Waals surface area contributed by atoms with Crippen LogP contribution in [0.2, 0.25) is 0 Å². The molecule has 1 aliphatic heterocycles. The third-order valence-corrected chi connectivity index (χ3v) is 4.20. The van der Waals surface area contributed by atoms with E-state index in [0.29, 0.717) is 13.2 Å². The van der Waals surface area contributed by atoms with Gasteiger partial charge in [0.15, 0.2) is 12.8 Å². The lowest BCUT2D eigenvalue weighted by Gasteiger charge is -2.26. The molecule has 1 heterocycles. The van der Waals surface area contributed by atoms with Gasteiger partial charge in [-0.2, -0.15) is 0 Å². The summed E-state index contributed by atoms with van der Waals surface area (Å²) >= 11 is 0. The Morgan fingerprint density at radius 3 is 2.87 bits per heavy atom. The Labute approximate surface area is 153 Å². The first-order valence-corrected chi connectivity index (χ1v) is 7.72. The van der Waals surface area contributed by atoms with Crippen molar-refractivity contribution in [1.29, 1.82) is 0 Å². The van der Waals surface area contributed by atoms with Gasteiger partial charge >= 0.3 is 0 Å². The summed E-state index contributed by atoms with van der Waals surface area (Å²) < 4.78 is 24.4. The van der Waals surface area contributed by atoms with Crippen molar-refractivity contribution in [2.24, 2.45) is 10.9 Å². The van der Waals surface area contributed by atoms with Crippen LogP contribution in [-0.2, 0) is 17.9 Å². The van der Waals surface area contributed by atoms with E-state index in [-0.39, 0.29) is 36.6 Å². The smallest absolute Gasteiger partial charge is 0.191 e. The highest BCUT2D eigenvalue weighted by Crippen LogP contribution is 2.29. The van der Waals surface area contributed by atoms with Crippen LogP contribution in [0.5, 0.6) is 5.75 Å². The van der Waals surface area contributed by atoms with Crippen molar-refractivity contribution in [1.82, 2.24) is 10.6 Å². The first-order valence-electron chi connectivity index (χ1n) is 7.72. The highest BCUT2D eigenvalue weighted by molar-refractivity contribution is 14.0. The average molecular weight is 435 g/mol. The number of hydrogen-bond donors (Lipinski definition) is 2. The average Bonchev–Trinajstić information content (AvgIpc) is 2.48. The van der Waals surface area contributed by atoms with Crippen molar-refractivity contribution in [2.45, 2.75) is 32.4 Å². The van der Waals surface area contributed by atoms with Gasteiger partial charge in [-0.05, 0) is 30.9 Å². The van der Waals surface area contributed by atoms with E-state index in [1.807, 2.05) is 0 Å². The van der Waals surface area contributed by atoms with Crippen LogP contribution in [0.1, 0.15) is 30.4 Å². The predicted octanol–water partition coefficient (Wildman–Crippen LogP) is 2.78. The monoisotopic (exact) mass is 435 g/mol. The molecule has 128 valence electrons. The van der Waals surface area contributed by atoms with E-state index >= 15 is 0 Å². The summed E-state index contributed by atoms with van der Waals surface area (Å²) in [6.07, 6.45) is 3.90. The summed E-state index contributed by atoms with van der Waals surface area (Å²) in [6, 6.07) is 2.96. The largest absolute Gasteiger partial charge is 0.467 e. The molecule has 0 bridgehead atoms. The lowest BCUT2D eigenvalue weighted by Crippen LogP contribution is -2.40. The fraction of sp³-hybridized carbons (Fsp3) is 0.562. The molecule has 0 atom stereocenters. The number of nitrogens with one attached hydrogen (secondary N) is 2. The Balaban J connectivity index is 0.00000192. The Bertz CT molecular complexity index is 565. The van der Waals surface area contributed by atoms with Gasteiger partial charge in [-0.1, -0.05) is 6.42 Å². The minimum atomic E-state index is -0.276. The van der Waals surface area contributed by atoms with E-state index in [4.69, 9.17) is 9.47 Å². The molecule has 0 amide bonds. The van der Waals surface area contributed by atoms with Crippen molar-refractivity contribution in [3.8, 4) is 5.75 Å². The topological polar surface area (TPSA) is 54.9 Å². The SMILES string of the molecule is CN=C(NCc1cc(F)cc2c1OCOC2)NCC1CCC1.I. The fourth-order valence-corrected chi connectivity index (χ4v) is 2.73. The molecule has 1 aromatic rings. The molecule has 1 aromatic carbocycles. The molecule has 1 fully saturated rings. The minimum absolute atomic E-state index is 0. The molecule has 1 saturated carbocycles. The van der Waals surface area contributed by atoms with E-state index in [1.54, 1.807) is 7.05 Å². The number of fused-ring (bicyclic) bond motifs is 1. The van der Waals surface area contributed by atoms with Crippen molar-refractivity contribution < 1.29 is 13.9 Å². The van der Waals surface area contributed by atoms with Gasteiger partial charge in [0.05, 0.1) is 6.61 Å². The quantitative estimate of drug-likeness (QED) is 0.434. The standard InChI is InChI=1S/C16H22FN3O2.HI/c1-18-16(19-7-11-3-2-4-11)20-8-12-5-14(17)6-13-9-21-10-22-15(12)13;/h5-6,11H,2-4,7-10H2,1H3,(H2,18,19,20);1H. The van der Waals surface area contributed by atoms with E-state index in [2.05, 4.69) is 15.6 Å². The molecule has 0 spiro atoms. The summed E-state index contributed by atoms with van der Waals surface area (Å²) in [7, 11) is 1.74. The second-order valence-corrected chi connectivity index (χ2v) is 5.77. The highest BCUT2D eigenvalue weighted by Gasteiger charge is 2.19. The Morgan fingerprint density at radius 1 is 1.35 bits per heavy atom. The number of ether oxygens (including phenoxy) is 2. The van der Waals surface area contributed by atoms with Gasteiger partial charge in [0.1, 0.15) is 11.6 Å². The second kappa shape index (κ2) is 8.68. The zero-order valence-electron chi connectivity index (χ0n) is 13.2. The van der Waals surface area contributed by atoms with E-state index in [1.165, 1.54) is 31.4 Å². The zero-order valence-corrected chi connectivity index (χ0v) is 15.6. The van der Waals surface area contributed by atoms with Crippen LogP contribution in [0.4, 0.5) is 4.39 Å². The molecule has 2 aliphatic rings. The summed E-state index contributed by atoms with van der Waals surface area (Å²) in [5.74, 6) is 1.93. The molecule has 5 nitrogen and oxygen atoms in total. The van der Waals surface area contributed by atoms with Crippen molar-refractivity contribution in [3.05, 3.63) is 29.1 Å². The maximum Gasteiger partial charge on any atom is 0.191 e. The second-order valence-electron chi connectivity index (χ2n) is 5.77. The van der Waals surface area contributed by atoms with Crippen LogP contribution < -0.4 is 15.4 Å². The zero-order chi connectivity index (χ0) is 15.4. The van der Waals surface area contributed by atoms with Crippen LogP contribution in [0, 0.1) is 11.7 Å². The Morgan fingerprint density at radius 2 is 2.17 bits per heavy atom. The maximum absolute atomic E-state index is 13.7. The number of nitrogens with zero attached hydrogens (tertiary/aromatic N) is 1. The first-order chi connectivity index (χ1) is 10.8. The van der Waals surface area contributed by atoms with Gasteiger partial charge in [0.2, 0.25) is 0 Å². The Kier molecular flexibility index (Phi) is 6.88. The van der Waals surface area contributed by atoms with Crippen LogP contribution in [0.3, 0.4) is 0 Å². The molecule has 0 unspecified atom stereocenters. The first kappa shape index (κ1) is 18.3. The number of benzene rings is 1. The van der Waals surface area contributed by atoms with E-state index in [0.717, 1.165) is 35.3 Å². The van der Waals surface area contributed by atoms with Gasteiger partial charge in [0, 0.05) is 31.3 Å². The predicted molar refractivity (Wildman–Crippen MR) is 97.6 cm³/mol. The number of aliphatic imine (C=N–C) groups is 1. The molecule has 0 radical (unpaired) electrons. The molecular formula is C16H23FIN3O2. The van der Waals surface area contributed by atoms with Crippen molar-refractivity contribution >= 4 is 29.9 Å². The summed E-state index contributed by atoms with van der Waals surface area (Å²) in [4.78, 5) is 4.20. The third kappa shape index (κ3) is 4.69. The molecule has 2 N–H and O–H groups in total. The van der Waals surface area contributed by atoms with Crippen LogP contribution >= 0.6 is 24.0 Å². The normalized spacial score (nSPS) is 17.4. The van der Waals surface area contributed by atoms with Gasteiger partial charge in [-0.15, -0.1) is 24.0 Å². The lowest BCUT2D eigenvalue weighted by molar-refractivity contribution is -0.0172. The summed E-state index contributed by atoms with van der Waals surface area (Å²) in [6.45, 7) is 1.99. The van der Waals surface area contributed by atoms with E-state index < -0.39 is 0 Å². The fourth-order valence-electron chi connectivity index (χ4n) is 2.73. The molecule has 7 heteroatoms. The van der Waals surface area contributed by atoms with Crippen molar-refractivity contribution in [3.63, 3.8) is 0 Å². The van der Waals surface area contributed by atoms with Crippen LogP contribution in [-0.4, -0.2) is 26.3 Å². The van der Waals surface area contributed by atoms with Gasteiger partial charge in [0.25, 0.3) is 0 Å². The number of rotatable bonds is 4. The lowest BCUT2D eigenvalue weighted by atomic mass is 9.85. The Hall–Kier alpha value is -1.09. The molecular weight excluding hydrogens is 412 g/mol. The van der Waals surface area contributed by atoms with Crippen LogP contribution in [0.25, 0.3) is 0 Å². The number of halogens is 2.